The molecule has 9 heteroatoms. The van der Waals surface area contributed by atoms with Crippen molar-refractivity contribution < 1.29 is 9.90 Å². The van der Waals surface area contributed by atoms with Crippen LogP contribution in [0.1, 0.15) is 40.1 Å². The topological polar surface area (TPSA) is 104 Å². The van der Waals surface area contributed by atoms with Crippen LogP contribution in [0.5, 0.6) is 5.88 Å². The van der Waals surface area contributed by atoms with E-state index in [1.54, 1.807) is 58.1 Å². The van der Waals surface area contributed by atoms with E-state index < -0.39 is 6.04 Å². The summed E-state index contributed by atoms with van der Waals surface area (Å²) < 4.78 is 3.67. The third kappa shape index (κ3) is 2.71. The van der Waals surface area contributed by atoms with Gasteiger partial charge in [-0.1, -0.05) is 22.0 Å². The molecule has 162 valence electrons. The number of aromatic hydroxyl groups is 1. The Morgan fingerprint density at radius 1 is 1.21 bits per heavy atom. The number of carbonyl (C=O) groups is 1. The molecule has 2 bridgehead atoms. The lowest BCUT2D eigenvalue weighted by atomic mass is 10.1. The van der Waals surface area contributed by atoms with Gasteiger partial charge in [-0.2, -0.15) is 5.26 Å². The number of imidazole rings is 1. The van der Waals surface area contributed by atoms with Gasteiger partial charge in [-0.05, 0) is 48.9 Å². The first-order valence-corrected chi connectivity index (χ1v) is 11.2. The van der Waals surface area contributed by atoms with Gasteiger partial charge in [-0.3, -0.25) is 14.3 Å². The Morgan fingerprint density at radius 3 is 2.85 bits per heavy atom. The van der Waals surface area contributed by atoms with Crippen LogP contribution in [0.15, 0.2) is 64.0 Å². The first-order chi connectivity index (χ1) is 16.0. The second kappa shape index (κ2) is 7.05. The molecule has 1 amide bonds. The van der Waals surface area contributed by atoms with Crippen molar-refractivity contribution in [1.82, 2.24) is 19.0 Å². The molecular formula is C24H16BrN5O3. The average Bonchev–Trinajstić information content (AvgIpc) is 3.49. The van der Waals surface area contributed by atoms with Gasteiger partial charge in [0.15, 0.2) is 0 Å². The molecule has 0 saturated carbocycles. The predicted molar refractivity (Wildman–Crippen MR) is 123 cm³/mol. The fourth-order valence-electron chi connectivity index (χ4n) is 5.12. The second-order valence-electron chi connectivity index (χ2n) is 8.21. The van der Waals surface area contributed by atoms with E-state index in [4.69, 9.17) is 0 Å². The van der Waals surface area contributed by atoms with Crippen LogP contribution in [0.4, 0.5) is 0 Å². The Kier molecular flexibility index (Phi) is 4.22. The number of likely N-dealkylation sites (tertiary alicyclic amines) is 1. The maximum absolute atomic E-state index is 13.4. The molecule has 1 N–H and O–H groups in total. The number of rotatable bonds is 2. The second-order valence-corrected chi connectivity index (χ2v) is 9.13. The molecule has 0 aliphatic carbocycles. The summed E-state index contributed by atoms with van der Waals surface area (Å²) in [5, 5.41) is 21.2. The molecule has 8 nitrogen and oxygen atoms in total. The van der Waals surface area contributed by atoms with E-state index in [2.05, 4.69) is 27.0 Å². The van der Waals surface area contributed by atoms with Crippen molar-refractivity contribution in [2.24, 2.45) is 0 Å². The predicted octanol–water partition coefficient (Wildman–Crippen LogP) is 3.67. The van der Waals surface area contributed by atoms with Crippen LogP contribution in [0.3, 0.4) is 0 Å². The van der Waals surface area contributed by atoms with Crippen molar-refractivity contribution in [2.75, 3.05) is 6.54 Å². The number of aromatic nitrogens is 3. The zero-order chi connectivity index (χ0) is 22.9. The van der Waals surface area contributed by atoms with Crippen LogP contribution in [0.25, 0.3) is 16.6 Å². The van der Waals surface area contributed by atoms with Crippen LogP contribution < -0.4 is 5.69 Å². The minimum absolute atomic E-state index is 0.136. The molecule has 2 aliphatic rings. The van der Waals surface area contributed by atoms with Gasteiger partial charge in [-0.15, -0.1) is 0 Å². The van der Waals surface area contributed by atoms with Crippen LogP contribution >= 0.6 is 15.9 Å². The third-order valence-corrected chi connectivity index (χ3v) is 6.99. The molecule has 2 atom stereocenters. The van der Waals surface area contributed by atoms with E-state index in [0.29, 0.717) is 46.4 Å². The normalized spacial score (nSPS) is 18.5. The highest BCUT2D eigenvalue weighted by molar-refractivity contribution is 9.10. The summed E-state index contributed by atoms with van der Waals surface area (Å²) in [5.74, 6) is -0.322. The molecule has 4 heterocycles. The maximum atomic E-state index is 13.4. The van der Waals surface area contributed by atoms with Gasteiger partial charge in [-0.25, -0.2) is 9.36 Å². The Morgan fingerprint density at radius 2 is 2.06 bits per heavy atom. The van der Waals surface area contributed by atoms with E-state index in [9.17, 15) is 20.0 Å². The number of nitriles is 1. The molecule has 2 aromatic carbocycles. The number of fused-ring (bicyclic) bond motifs is 6. The molecule has 2 aromatic heterocycles. The Labute approximate surface area is 196 Å². The van der Waals surface area contributed by atoms with Gasteiger partial charge in [0.1, 0.15) is 11.8 Å². The van der Waals surface area contributed by atoms with E-state index in [-0.39, 0.29) is 23.5 Å². The van der Waals surface area contributed by atoms with Gasteiger partial charge in [0, 0.05) is 28.2 Å². The number of halogens is 1. The van der Waals surface area contributed by atoms with Gasteiger partial charge >= 0.3 is 5.69 Å². The number of pyridine rings is 1. The minimum atomic E-state index is -0.391. The number of hydrogen-bond donors (Lipinski definition) is 1. The van der Waals surface area contributed by atoms with Crippen molar-refractivity contribution >= 4 is 32.7 Å². The highest BCUT2D eigenvalue weighted by atomic mass is 79.9. The fourth-order valence-corrected chi connectivity index (χ4v) is 5.52. The van der Waals surface area contributed by atoms with Crippen molar-refractivity contribution in [3.8, 4) is 17.6 Å². The summed E-state index contributed by atoms with van der Waals surface area (Å²) in [4.78, 5) is 32.7. The first kappa shape index (κ1) is 19.8. The number of amides is 1. The smallest absolute Gasteiger partial charge is 0.336 e. The van der Waals surface area contributed by atoms with Gasteiger partial charge < -0.3 is 10.0 Å². The zero-order valence-electron chi connectivity index (χ0n) is 17.1. The summed E-state index contributed by atoms with van der Waals surface area (Å²) in [6, 6.07) is 15.4. The SMILES string of the molecule is N#Cc1ccc(-n2c(O)c3n(c2=O)[C@H]2C[C@@H]3N(C(=O)c3cccc(Br)c3)C2)c2cccnc12. The number of benzene rings is 2. The molecule has 33 heavy (non-hydrogen) atoms. The minimum Gasteiger partial charge on any atom is -0.493 e. The molecular weight excluding hydrogens is 486 g/mol. The Balaban J connectivity index is 1.48. The quantitative estimate of drug-likeness (QED) is 0.451. The van der Waals surface area contributed by atoms with Crippen LogP contribution in [0.2, 0.25) is 0 Å². The fraction of sp³-hybridized carbons (Fsp3) is 0.167. The van der Waals surface area contributed by atoms with E-state index in [1.807, 2.05) is 6.07 Å². The molecule has 2 aliphatic heterocycles. The molecule has 1 saturated heterocycles. The van der Waals surface area contributed by atoms with E-state index in [0.717, 1.165) is 4.47 Å². The average molecular weight is 502 g/mol. The van der Waals surface area contributed by atoms with Crippen molar-refractivity contribution in [3.05, 3.63) is 86.5 Å². The number of nitrogens with zero attached hydrogens (tertiary/aromatic N) is 5. The molecule has 6 rings (SSSR count). The van der Waals surface area contributed by atoms with E-state index in [1.165, 1.54) is 4.57 Å². The molecule has 0 spiro atoms. The summed E-state index contributed by atoms with van der Waals surface area (Å²) in [7, 11) is 0. The van der Waals surface area contributed by atoms with E-state index >= 15 is 0 Å². The highest BCUT2D eigenvalue weighted by Gasteiger charge is 2.49. The summed E-state index contributed by atoms with van der Waals surface area (Å²) in [6.45, 7) is 0.405. The van der Waals surface area contributed by atoms with Gasteiger partial charge in [0.2, 0.25) is 5.88 Å². The summed E-state index contributed by atoms with van der Waals surface area (Å²) in [5.41, 5.74) is 1.93. The van der Waals surface area contributed by atoms with Crippen LogP contribution in [-0.4, -0.2) is 36.6 Å². The molecule has 1 fully saturated rings. The molecule has 0 unspecified atom stereocenters. The lowest BCUT2D eigenvalue weighted by molar-refractivity contribution is 0.0711. The molecule has 0 radical (unpaired) electrons. The van der Waals surface area contributed by atoms with Crippen molar-refractivity contribution in [1.29, 1.82) is 5.26 Å². The lowest BCUT2D eigenvalue weighted by Gasteiger charge is -2.27. The Hall–Kier alpha value is -3.90. The van der Waals surface area contributed by atoms with Crippen LogP contribution in [0, 0.1) is 11.3 Å². The summed E-state index contributed by atoms with van der Waals surface area (Å²) in [6.07, 6.45) is 2.18. The molecule has 4 aromatic rings. The van der Waals surface area contributed by atoms with Crippen molar-refractivity contribution in [3.63, 3.8) is 0 Å². The lowest BCUT2D eigenvalue weighted by Crippen LogP contribution is -2.37. The zero-order valence-corrected chi connectivity index (χ0v) is 18.7. The highest BCUT2D eigenvalue weighted by Crippen LogP contribution is 2.49. The van der Waals surface area contributed by atoms with Gasteiger partial charge in [0.05, 0.1) is 28.9 Å². The number of carbonyl (C=O) groups excluding carboxylic acids is 1. The standard InChI is InChI=1S/C24H16BrN5O3/c25-15-4-1-3-13(9-15)22(31)28-12-16-10-19(28)21-23(32)30(24(33)29(16)21)18-7-6-14(11-26)20-17(18)5-2-8-27-20/h1-9,16,19,32H,10,12H2/t16-,19-/m0/s1. The Bertz CT molecular complexity index is 1580. The first-order valence-electron chi connectivity index (χ1n) is 10.4. The summed E-state index contributed by atoms with van der Waals surface area (Å²) >= 11 is 3.40. The number of hydrogen-bond acceptors (Lipinski definition) is 5. The monoisotopic (exact) mass is 501 g/mol. The van der Waals surface area contributed by atoms with Crippen molar-refractivity contribution in [2.45, 2.75) is 18.5 Å². The van der Waals surface area contributed by atoms with Gasteiger partial charge in [0.25, 0.3) is 5.91 Å². The van der Waals surface area contributed by atoms with Crippen LogP contribution in [-0.2, 0) is 0 Å². The maximum Gasteiger partial charge on any atom is 0.336 e. The third-order valence-electron chi connectivity index (χ3n) is 6.50. The largest absolute Gasteiger partial charge is 0.493 e.